The van der Waals surface area contributed by atoms with Crippen molar-refractivity contribution in [1.29, 1.82) is 0 Å². The van der Waals surface area contributed by atoms with Crippen molar-refractivity contribution in [2.24, 2.45) is 0 Å². The van der Waals surface area contributed by atoms with E-state index in [9.17, 15) is 9.90 Å². The van der Waals surface area contributed by atoms with Gasteiger partial charge in [-0.15, -0.1) is 0 Å². The van der Waals surface area contributed by atoms with E-state index in [1.807, 2.05) is 0 Å². The van der Waals surface area contributed by atoms with Gasteiger partial charge in [0.15, 0.2) is 5.54 Å². The number of carboxylic acids is 1. The molecular formula is C12H16ClNO3. The summed E-state index contributed by atoms with van der Waals surface area (Å²) in [5.74, 6) is -0.994. The standard InChI is InChI=1S/C12H16ClNO3/c1-8(17-3)12(2,11(15)16)14-10-7-5-4-6-9(10)13/h4-8,14H,1-3H3,(H,15,16). The number of carboxylic acid groups (broad SMARTS) is 1. The van der Waals surface area contributed by atoms with Crippen molar-refractivity contribution in [2.45, 2.75) is 25.5 Å². The molecule has 4 nitrogen and oxygen atoms in total. The van der Waals surface area contributed by atoms with Crippen molar-refractivity contribution in [3.8, 4) is 0 Å². The number of nitrogens with one attached hydrogen (secondary N) is 1. The molecule has 0 fully saturated rings. The van der Waals surface area contributed by atoms with Crippen molar-refractivity contribution in [2.75, 3.05) is 12.4 Å². The zero-order valence-corrected chi connectivity index (χ0v) is 10.8. The molecule has 0 aliphatic heterocycles. The molecule has 0 saturated carbocycles. The number of halogens is 1. The Morgan fingerprint density at radius 1 is 1.53 bits per heavy atom. The lowest BCUT2D eigenvalue weighted by Crippen LogP contribution is -2.52. The van der Waals surface area contributed by atoms with Gasteiger partial charge in [0.25, 0.3) is 0 Å². The van der Waals surface area contributed by atoms with Crippen LogP contribution in [0.2, 0.25) is 5.02 Å². The van der Waals surface area contributed by atoms with Crippen molar-refractivity contribution >= 4 is 23.3 Å². The number of aliphatic carboxylic acids is 1. The number of para-hydroxylation sites is 1. The van der Waals surface area contributed by atoms with Crippen molar-refractivity contribution < 1.29 is 14.6 Å². The van der Waals surface area contributed by atoms with E-state index in [2.05, 4.69) is 5.32 Å². The van der Waals surface area contributed by atoms with Gasteiger partial charge in [-0.1, -0.05) is 23.7 Å². The molecule has 0 aromatic heterocycles. The first kappa shape index (κ1) is 13.8. The second kappa shape index (κ2) is 5.38. The molecule has 2 unspecified atom stereocenters. The maximum absolute atomic E-state index is 11.4. The second-order valence-electron chi connectivity index (χ2n) is 3.99. The monoisotopic (exact) mass is 257 g/mol. The predicted molar refractivity (Wildman–Crippen MR) is 67.6 cm³/mol. The third kappa shape index (κ3) is 2.90. The average molecular weight is 258 g/mol. The number of hydrogen-bond donors (Lipinski definition) is 2. The summed E-state index contributed by atoms with van der Waals surface area (Å²) in [6.07, 6.45) is -0.503. The number of benzene rings is 1. The Balaban J connectivity index is 3.03. The summed E-state index contributed by atoms with van der Waals surface area (Å²) in [6, 6.07) is 6.99. The van der Waals surface area contributed by atoms with Gasteiger partial charge in [0.1, 0.15) is 0 Å². The van der Waals surface area contributed by atoms with Gasteiger partial charge in [0, 0.05) is 7.11 Å². The van der Waals surface area contributed by atoms with Crippen LogP contribution in [0, 0.1) is 0 Å². The van der Waals surface area contributed by atoms with E-state index in [4.69, 9.17) is 16.3 Å². The van der Waals surface area contributed by atoms with Crippen LogP contribution < -0.4 is 5.32 Å². The SMILES string of the molecule is COC(C)C(C)(Nc1ccccc1Cl)C(=O)O. The van der Waals surface area contributed by atoms with E-state index in [1.54, 1.807) is 38.1 Å². The number of carbonyl (C=O) groups is 1. The minimum atomic E-state index is -1.24. The molecule has 0 spiro atoms. The number of methoxy groups -OCH3 is 1. The summed E-state index contributed by atoms with van der Waals surface area (Å²) < 4.78 is 5.10. The molecule has 5 heteroatoms. The lowest BCUT2D eigenvalue weighted by atomic mass is 9.95. The highest BCUT2D eigenvalue weighted by Gasteiger charge is 2.39. The van der Waals surface area contributed by atoms with Crippen LogP contribution in [0.3, 0.4) is 0 Å². The zero-order valence-electron chi connectivity index (χ0n) is 10.0. The van der Waals surface area contributed by atoms with Crippen LogP contribution in [-0.4, -0.2) is 29.8 Å². The number of anilines is 1. The molecule has 0 amide bonds. The van der Waals surface area contributed by atoms with Gasteiger partial charge in [-0.3, -0.25) is 0 Å². The van der Waals surface area contributed by atoms with Gasteiger partial charge in [-0.05, 0) is 26.0 Å². The third-order valence-corrected chi connectivity index (χ3v) is 3.21. The number of ether oxygens (including phenoxy) is 1. The summed E-state index contributed by atoms with van der Waals surface area (Å²) in [5, 5.41) is 12.7. The molecule has 0 aliphatic carbocycles. The highest BCUT2D eigenvalue weighted by molar-refractivity contribution is 6.33. The van der Waals surface area contributed by atoms with Gasteiger partial charge in [-0.2, -0.15) is 0 Å². The summed E-state index contributed by atoms with van der Waals surface area (Å²) in [7, 11) is 1.47. The largest absolute Gasteiger partial charge is 0.479 e. The first-order valence-corrected chi connectivity index (χ1v) is 5.58. The molecule has 0 aliphatic rings. The highest BCUT2D eigenvalue weighted by atomic mass is 35.5. The Kier molecular flexibility index (Phi) is 4.37. The van der Waals surface area contributed by atoms with E-state index in [0.717, 1.165) is 0 Å². The van der Waals surface area contributed by atoms with E-state index < -0.39 is 17.6 Å². The third-order valence-electron chi connectivity index (χ3n) is 2.88. The van der Waals surface area contributed by atoms with Crippen LogP contribution in [-0.2, 0) is 9.53 Å². The van der Waals surface area contributed by atoms with Crippen molar-refractivity contribution in [3.05, 3.63) is 29.3 Å². The summed E-state index contributed by atoms with van der Waals surface area (Å²) >= 11 is 5.99. The first-order valence-electron chi connectivity index (χ1n) is 5.20. The molecule has 0 saturated heterocycles. The molecule has 1 aromatic carbocycles. The van der Waals surface area contributed by atoms with Crippen molar-refractivity contribution in [3.63, 3.8) is 0 Å². The summed E-state index contributed by atoms with van der Waals surface area (Å²) in [4.78, 5) is 11.4. The van der Waals surface area contributed by atoms with E-state index in [-0.39, 0.29) is 0 Å². The second-order valence-corrected chi connectivity index (χ2v) is 4.40. The number of rotatable bonds is 5. The number of hydrogen-bond acceptors (Lipinski definition) is 3. The molecule has 1 aromatic rings. The van der Waals surface area contributed by atoms with E-state index in [0.29, 0.717) is 10.7 Å². The first-order chi connectivity index (χ1) is 7.91. The van der Waals surface area contributed by atoms with Crippen LogP contribution >= 0.6 is 11.6 Å². The van der Waals surface area contributed by atoms with Gasteiger partial charge < -0.3 is 15.2 Å². The Labute approximate surface area is 106 Å². The maximum atomic E-state index is 11.4. The minimum absolute atomic E-state index is 0.475. The lowest BCUT2D eigenvalue weighted by Gasteiger charge is -2.32. The molecule has 0 radical (unpaired) electrons. The molecule has 0 bridgehead atoms. The Morgan fingerprint density at radius 2 is 2.12 bits per heavy atom. The van der Waals surface area contributed by atoms with Crippen LogP contribution in [0.25, 0.3) is 0 Å². The molecule has 1 rings (SSSR count). The summed E-state index contributed by atoms with van der Waals surface area (Å²) in [5.41, 5.74) is -0.664. The maximum Gasteiger partial charge on any atom is 0.331 e. The smallest absolute Gasteiger partial charge is 0.331 e. The van der Waals surface area contributed by atoms with E-state index >= 15 is 0 Å². The Morgan fingerprint density at radius 3 is 2.59 bits per heavy atom. The van der Waals surface area contributed by atoms with Gasteiger partial charge in [0.05, 0.1) is 16.8 Å². The minimum Gasteiger partial charge on any atom is -0.479 e. The van der Waals surface area contributed by atoms with Gasteiger partial charge >= 0.3 is 5.97 Å². The van der Waals surface area contributed by atoms with Crippen LogP contribution in [0.15, 0.2) is 24.3 Å². The van der Waals surface area contributed by atoms with E-state index in [1.165, 1.54) is 7.11 Å². The molecule has 2 atom stereocenters. The van der Waals surface area contributed by atoms with Crippen molar-refractivity contribution in [1.82, 2.24) is 0 Å². The zero-order chi connectivity index (χ0) is 13.1. The molecule has 17 heavy (non-hydrogen) atoms. The lowest BCUT2D eigenvalue weighted by molar-refractivity contribution is -0.146. The molecule has 94 valence electrons. The molecular weight excluding hydrogens is 242 g/mol. The topological polar surface area (TPSA) is 58.6 Å². The predicted octanol–water partition coefficient (Wildman–Crippen LogP) is 2.63. The average Bonchev–Trinajstić information content (AvgIpc) is 2.30. The van der Waals surface area contributed by atoms with Gasteiger partial charge in [-0.25, -0.2) is 4.79 Å². The van der Waals surface area contributed by atoms with Crippen LogP contribution in [0.4, 0.5) is 5.69 Å². The fraction of sp³-hybridized carbons (Fsp3) is 0.417. The Bertz CT molecular complexity index is 410. The van der Waals surface area contributed by atoms with Gasteiger partial charge in [0.2, 0.25) is 0 Å². The molecule has 2 N–H and O–H groups in total. The normalized spacial score (nSPS) is 16.0. The van der Waals surface area contributed by atoms with Crippen LogP contribution in [0.5, 0.6) is 0 Å². The highest BCUT2D eigenvalue weighted by Crippen LogP contribution is 2.26. The van der Waals surface area contributed by atoms with Crippen LogP contribution in [0.1, 0.15) is 13.8 Å². The fourth-order valence-corrected chi connectivity index (χ4v) is 1.59. The quantitative estimate of drug-likeness (QED) is 0.851. The summed E-state index contributed by atoms with van der Waals surface area (Å²) in [6.45, 7) is 3.25. The molecule has 0 heterocycles. The fourth-order valence-electron chi connectivity index (χ4n) is 1.41. The Hall–Kier alpha value is -1.26.